The normalized spacial score (nSPS) is 22.6. The lowest BCUT2D eigenvalue weighted by Crippen LogP contribution is -2.37. The zero-order valence-electron chi connectivity index (χ0n) is 11.2. The minimum atomic E-state index is -3.01. The highest BCUT2D eigenvalue weighted by Crippen LogP contribution is 2.12. The zero-order valence-corrected chi connectivity index (χ0v) is 12.0. The van der Waals surface area contributed by atoms with Gasteiger partial charge in [0.15, 0.2) is 9.84 Å². The second-order valence-corrected chi connectivity index (χ2v) is 7.16. The van der Waals surface area contributed by atoms with E-state index < -0.39 is 15.9 Å². The first-order chi connectivity index (χ1) is 9.39. The minimum Gasteiger partial charge on any atom is -0.387 e. The van der Waals surface area contributed by atoms with Gasteiger partial charge in [0.2, 0.25) is 5.91 Å². The quantitative estimate of drug-likeness (QED) is 0.723. The summed E-state index contributed by atoms with van der Waals surface area (Å²) in [6.07, 6.45) is 1.79. The molecular formula is C11H18N4O4S. The molecule has 20 heavy (non-hydrogen) atoms. The molecule has 8 nitrogen and oxygen atoms in total. The number of nitrogens with one attached hydrogen (secondary N) is 1. The Morgan fingerprint density at radius 3 is 3.00 bits per heavy atom. The van der Waals surface area contributed by atoms with Crippen LogP contribution >= 0.6 is 0 Å². The van der Waals surface area contributed by atoms with Gasteiger partial charge in [0.05, 0.1) is 23.8 Å². The third kappa shape index (κ3) is 3.76. The highest BCUT2D eigenvalue weighted by Gasteiger charge is 2.28. The smallest absolute Gasteiger partial charge is 0.242 e. The fourth-order valence-electron chi connectivity index (χ4n) is 2.08. The van der Waals surface area contributed by atoms with Crippen molar-refractivity contribution in [3.63, 3.8) is 0 Å². The predicted octanol–water partition coefficient (Wildman–Crippen LogP) is -0.975. The van der Waals surface area contributed by atoms with Gasteiger partial charge in [-0.25, -0.2) is 13.1 Å². The summed E-state index contributed by atoms with van der Waals surface area (Å²) < 4.78 is 23.9. The molecule has 1 saturated heterocycles. The fourth-order valence-corrected chi connectivity index (χ4v) is 3.76. The maximum absolute atomic E-state index is 11.8. The maximum Gasteiger partial charge on any atom is 0.242 e. The van der Waals surface area contributed by atoms with Gasteiger partial charge in [-0.05, 0) is 12.8 Å². The van der Waals surface area contributed by atoms with Crippen LogP contribution in [-0.2, 0) is 21.2 Å². The SMILES string of the molecule is CCC(O)c1cn(CC(=O)NC2CCS(=O)(=O)C2)nn1. The first-order valence-corrected chi connectivity index (χ1v) is 8.29. The van der Waals surface area contributed by atoms with Crippen LogP contribution < -0.4 is 5.32 Å². The average molecular weight is 302 g/mol. The molecule has 2 unspecified atom stereocenters. The van der Waals surface area contributed by atoms with Gasteiger partial charge in [-0.1, -0.05) is 12.1 Å². The number of aromatic nitrogens is 3. The summed E-state index contributed by atoms with van der Waals surface area (Å²) in [7, 11) is -3.01. The van der Waals surface area contributed by atoms with E-state index in [9.17, 15) is 18.3 Å². The Labute approximate surface area is 117 Å². The van der Waals surface area contributed by atoms with Crippen LogP contribution in [0.4, 0.5) is 0 Å². The summed E-state index contributed by atoms with van der Waals surface area (Å²) in [6.45, 7) is 1.77. The molecule has 1 aromatic rings. The molecule has 2 N–H and O–H groups in total. The Bertz CT molecular complexity index is 583. The van der Waals surface area contributed by atoms with E-state index in [4.69, 9.17) is 0 Å². The van der Waals surface area contributed by atoms with E-state index in [2.05, 4.69) is 15.6 Å². The second-order valence-electron chi connectivity index (χ2n) is 4.93. The number of aliphatic hydroxyl groups excluding tert-OH is 1. The van der Waals surface area contributed by atoms with E-state index in [1.807, 2.05) is 6.92 Å². The number of aliphatic hydroxyl groups is 1. The van der Waals surface area contributed by atoms with Gasteiger partial charge < -0.3 is 10.4 Å². The van der Waals surface area contributed by atoms with Gasteiger partial charge in [0.25, 0.3) is 0 Å². The lowest BCUT2D eigenvalue weighted by molar-refractivity contribution is -0.122. The van der Waals surface area contributed by atoms with Crippen molar-refractivity contribution in [2.45, 2.75) is 38.5 Å². The molecule has 112 valence electrons. The maximum atomic E-state index is 11.8. The van der Waals surface area contributed by atoms with Crippen LogP contribution in [0.3, 0.4) is 0 Å². The van der Waals surface area contributed by atoms with Gasteiger partial charge >= 0.3 is 0 Å². The van der Waals surface area contributed by atoms with Crippen molar-refractivity contribution in [2.75, 3.05) is 11.5 Å². The molecule has 2 heterocycles. The van der Waals surface area contributed by atoms with E-state index in [1.54, 1.807) is 0 Å². The van der Waals surface area contributed by atoms with Crippen molar-refractivity contribution >= 4 is 15.7 Å². The highest BCUT2D eigenvalue weighted by atomic mass is 32.2. The highest BCUT2D eigenvalue weighted by molar-refractivity contribution is 7.91. The van der Waals surface area contributed by atoms with Gasteiger partial charge in [0, 0.05) is 6.04 Å². The topological polar surface area (TPSA) is 114 Å². The number of carbonyl (C=O) groups excluding carboxylic acids is 1. The van der Waals surface area contributed by atoms with Crippen molar-refractivity contribution in [3.05, 3.63) is 11.9 Å². The molecule has 1 aliphatic heterocycles. The molecule has 2 rings (SSSR count). The second kappa shape index (κ2) is 5.88. The van der Waals surface area contributed by atoms with Crippen LogP contribution in [0.5, 0.6) is 0 Å². The van der Waals surface area contributed by atoms with Crippen molar-refractivity contribution in [2.24, 2.45) is 0 Å². The van der Waals surface area contributed by atoms with Crippen LogP contribution in [0.25, 0.3) is 0 Å². The third-order valence-electron chi connectivity index (χ3n) is 3.19. The molecule has 9 heteroatoms. The fraction of sp³-hybridized carbons (Fsp3) is 0.727. The van der Waals surface area contributed by atoms with Crippen LogP contribution in [0.2, 0.25) is 0 Å². The Balaban J connectivity index is 1.87. The Kier molecular flexibility index (Phi) is 4.39. The Hall–Kier alpha value is -1.48. The number of nitrogens with zero attached hydrogens (tertiary/aromatic N) is 3. The average Bonchev–Trinajstić information content (AvgIpc) is 2.95. The number of amides is 1. The van der Waals surface area contributed by atoms with Gasteiger partial charge in [-0.3, -0.25) is 4.79 Å². The Morgan fingerprint density at radius 2 is 2.40 bits per heavy atom. The summed E-state index contributed by atoms with van der Waals surface area (Å²) in [5.74, 6) is -0.196. The standard InChI is InChI=1S/C11H18N4O4S/c1-2-10(16)9-5-15(14-13-9)6-11(17)12-8-3-4-20(18,19)7-8/h5,8,10,16H,2-4,6-7H2,1H3,(H,12,17). The monoisotopic (exact) mass is 302 g/mol. The number of carbonyl (C=O) groups is 1. The lowest BCUT2D eigenvalue weighted by Gasteiger charge is -2.10. The van der Waals surface area contributed by atoms with Crippen molar-refractivity contribution in [3.8, 4) is 0 Å². The molecule has 1 fully saturated rings. The summed E-state index contributed by atoms with van der Waals surface area (Å²) in [6, 6.07) is -0.322. The Morgan fingerprint density at radius 1 is 1.65 bits per heavy atom. The predicted molar refractivity (Wildman–Crippen MR) is 70.5 cm³/mol. The number of sulfone groups is 1. The first kappa shape index (κ1) is 14.9. The van der Waals surface area contributed by atoms with E-state index in [1.165, 1.54) is 10.9 Å². The van der Waals surface area contributed by atoms with Crippen LogP contribution in [0.15, 0.2) is 6.20 Å². The molecule has 0 spiro atoms. The van der Waals surface area contributed by atoms with E-state index in [0.717, 1.165) is 0 Å². The molecule has 0 radical (unpaired) electrons. The first-order valence-electron chi connectivity index (χ1n) is 6.47. The van der Waals surface area contributed by atoms with E-state index in [-0.39, 0.29) is 30.0 Å². The summed E-state index contributed by atoms with van der Waals surface area (Å²) >= 11 is 0. The number of rotatable bonds is 5. The molecule has 0 saturated carbocycles. The van der Waals surface area contributed by atoms with Crippen LogP contribution in [-0.4, -0.2) is 52.0 Å². The van der Waals surface area contributed by atoms with Crippen LogP contribution in [0.1, 0.15) is 31.6 Å². The van der Waals surface area contributed by atoms with Crippen LogP contribution in [0, 0.1) is 0 Å². The van der Waals surface area contributed by atoms with Gasteiger partial charge in [0.1, 0.15) is 12.2 Å². The lowest BCUT2D eigenvalue weighted by atomic mass is 10.2. The van der Waals surface area contributed by atoms with Crippen molar-refractivity contribution in [1.29, 1.82) is 0 Å². The molecule has 2 atom stereocenters. The molecule has 0 aromatic carbocycles. The van der Waals surface area contributed by atoms with E-state index >= 15 is 0 Å². The summed E-state index contributed by atoms with van der Waals surface area (Å²) in [5, 5.41) is 19.8. The van der Waals surface area contributed by atoms with Gasteiger partial charge in [-0.15, -0.1) is 5.10 Å². The van der Waals surface area contributed by atoms with Crippen molar-refractivity contribution < 1.29 is 18.3 Å². The largest absolute Gasteiger partial charge is 0.387 e. The molecule has 1 aliphatic rings. The van der Waals surface area contributed by atoms with E-state index in [0.29, 0.717) is 18.5 Å². The minimum absolute atomic E-state index is 0.00407. The van der Waals surface area contributed by atoms with Gasteiger partial charge in [-0.2, -0.15) is 0 Å². The summed E-state index contributed by atoms with van der Waals surface area (Å²) in [5.41, 5.74) is 0.420. The molecule has 1 aromatic heterocycles. The number of hydrogen-bond acceptors (Lipinski definition) is 6. The molecule has 0 bridgehead atoms. The molecule has 0 aliphatic carbocycles. The summed E-state index contributed by atoms with van der Waals surface area (Å²) in [4.78, 5) is 11.8. The third-order valence-corrected chi connectivity index (χ3v) is 4.96. The van der Waals surface area contributed by atoms with Crippen molar-refractivity contribution in [1.82, 2.24) is 20.3 Å². The zero-order chi connectivity index (χ0) is 14.8. The number of hydrogen-bond donors (Lipinski definition) is 2. The molecule has 1 amide bonds. The molecular weight excluding hydrogens is 284 g/mol.